The summed E-state index contributed by atoms with van der Waals surface area (Å²) in [4.78, 5) is 12.1. The summed E-state index contributed by atoms with van der Waals surface area (Å²) in [6.07, 6.45) is 10.9. The second kappa shape index (κ2) is 9.82. The van der Waals surface area contributed by atoms with Crippen molar-refractivity contribution in [1.29, 1.82) is 0 Å². The molecule has 0 aliphatic heterocycles. The molecule has 1 rings (SSSR count). The van der Waals surface area contributed by atoms with Crippen LogP contribution in [0, 0.1) is 11.8 Å². The summed E-state index contributed by atoms with van der Waals surface area (Å²) >= 11 is 3.49. The Bertz CT molecular complexity index is 225. The summed E-state index contributed by atoms with van der Waals surface area (Å²) in [5.74, 6) is 1.31. The Labute approximate surface area is 120 Å². The van der Waals surface area contributed by atoms with Crippen LogP contribution >= 0.6 is 15.9 Å². The van der Waals surface area contributed by atoms with E-state index in [-0.39, 0.29) is 0 Å². The smallest absolute Gasteiger partial charge is 0.223 e. The topological polar surface area (TPSA) is 29.1 Å². The van der Waals surface area contributed by atoms with Crippen molar-refractivity contribution in [3.05, 3.63) is 0 Å². The Morgan fingerprint density at radius 1 is 1.22 bits per heavy atom. The molecule has 0 radical (unpaired) electrons. The number of rotatable bonds is 6. The number of nitrogens with one attached hydrogen (secondary N) is 1. The molecule has 0 spiro atoms. The highest BCUT2D eigenvalue weighted by Gasteiger charge is 2.18. The van der Waals surface area contributed by atoms with Gasteiger partial charge in [-0.2, -0.15) is 0 Å². The van der Waals surface area contributed by atoms with Gasteiger partial charge in [0, 0.05) is 17.8 Å². The largest absolute Gasteiger partial charge is 0.356 e. The van der Waals surface area contributed by atoms with Crippen molar-refractivity contribution < 1.29 is 4.79 Å². The van der Waals surface area contributed by atoms with Gasteiger partial charge in [-0.05, 0) is 31.6 Å². The minimum atomic E-state index is 0.291. The fourth-order valence-electron chi connectivity index (χ4n) is 2.60. The first-order valence-electron chi connectivity index (χ1n) is 7.57. The average Bonchev–Trinajstić information content (AvgIpc) is 2.33. The monoisotopic (exact) mass is 317 g/mol. The average molecular weight is 318 g/mol. The van der Waals surface area contributed by atoms with Crippen LogP contribution in [0.2, 0.25) is 0 Å². The predicted octanol–water partition coefficient (Wildman–Crippen LogP) is 4.27. The van der Waals surface area contributed by atoms with Crippen LogP contribution in [-0.2, 0) is 4.79 Å². The zero-order valence-electron chi connectivity index (χ0n) is 11.7. The van der Waals surface area contributed by atoms with Crippen LogP contribution < -0.4 is 5.32 Å². The molecule has 0 aromatic heterocycles. The molecule has 106 valence electrons. The van der Waals surface area contributed by atoms with E-state index < -0.39 is 0 Å². The van der Waals surface area contributed by atoms with Gasteiger partial charge in [0.25, 0.3) is 0 Å². The summed E-state index contributed by atoms with van der Waals surface area (Å²) in [7, 11) is 0. The highest BCUT2D eigenvalue weighted by atomic mass is 79.9. The number of carbonyl (C=O) groups excluding carboxylic acids is 1. The normalized spacial score (nSPS) is 19.9. The van der Waals surface area contributed by atoms with Crippen LogP contribution in [0.15, 0.2) is 0 Å². The second-order valence-corrected chi connectivity index (χ2v) is 6.38. The quantitative estimate of drug-likeness (QED) is 0.575. The van der Waals surface area contributed by atoms with E-state index in [0.717, 1.165) is 31.1 Å². The van der Waals surface area contributed by atoms with Gasteiger partial charge >= 0.3 is 0 Å². The van der Waals surface area contributed by atoms with Gasteiger partial charge in [-0.15, -0.1) is 0 Å². The van der Waals surface area contributed by atoms with Gasteiger partial charge in [0.15, 0.2) is 0 Å². The third-order valence-electron chi connectivity index (χ3n) is 3.91. The Hall–Kier alpha value is -0.0500. The molecule has 3 heteroatoms. The van der Waals surface area contributed by atoms with Crippen molar-refractivity contribution >= 4 is 21.8 Å². The lowest BCUT2D eigenvalue weighted by Gasteiger charge is -2.19. The van der Waals surface area contributed by atoms with Crippen LogP contribution in [-0.4, -0.2) is 17.8 Å². The maximum Gasteiger partial charge on any atom is 0.223 e. The molecule has 18 heavy (non-hydrogen) atoms. The lowest BCUT2D eigenvalue weighted by molar-refractivity contribution is -0.125. The fraction of sp³-hybridized carbons (Fsp3) is 0.933. The van der Waals surface area contributed by atoms with Gasteiger partial charge in [0.1, 0.15) is 0 Å². The van der Waals surface area contributed by atoms with E-state index in [0.29, 0.717) is 17.7 Å². The van der Waals surface area contributed by atoms with Crippen molar-refractivity contribution in [2.45, 2.75) is 64.7 Å². The van der Waals surface area contributed by atoms with Crippen molar-refractivity contribution in [2.75, 3.05) is 11.9 Å². The Kier molecular flexibility index (Phi) is 8.74. The molecule has 1 amide bonds. The van der Waals surface area contributed by atoms with Crippen molar-refractivity contribution in [3.8, 4) is 0 Å². The maximum atomic E-state index is 12.1. The van der Waals surface area contributed by atoms with Crippen LogP contribution in [0.25, 0.3) is 0 Å². The van der Waals surface area contributed by atoms with Crippen LogP contribution in [0.3, 0.4) is 0 Å². The van der Waals surface area contributed by atoms with E-state index in [4.69, 9.17) is 0 Å². The molecular weight excluding hydrogens is 290 g/mol. The summed E-state index contributed by atoms with van der Waals surface area (Å²) in [6, 6.07) is 0. The van der Waals surface area contributed by atoms with Crippen molar-refractivity contribution in [1.82, 2.24) is 5.32 Å². The van der Waals surface area contributed by atoms with Gasteiger partial charge in [-0.1, -0.05) is 55.0 Å². The zero-order chi connectivity index (χ0) is 13.2. The van der Waals surface area contributed by atoms with Crippen molar-refractivity contribution in [3.63, 3.8) is 0 Å². The molecular formula is C15H28BrNO. The molecule has 1 fully saturated rings. The van der Waals surface area contributed by atoms with E-state index in [2.05, 4.69) is 28.2 Å². The van der Waals surface area contributed by atoms with Gasteiger partial charge in [0.2, 0.25) is 5.91 Å². The highest BCUT2D eigenvalue weighted by Crippen LogP contribution is 2.22. The number of alkyl halides is 1. The summed E-state index contributed by atoms with van der Waals surface area (Å²) in [5.41, 5.74) is 0. The first-order chi connectivity index (χ1) is 8.74. The van der Waals surface area contributed by atoms with Gasteiger partial charge in [-0.25, -0.2) is 0 Å². The molecule has 1 unspecified atom stereocenters. The molecule has 1 aliphatic carbocycles. The van der Waals surface area contributed by atoms with E-state index in [1.807, 2.05) is 0 Å². The molecule has 1 N–H and O–H groups in total. The highest BCUT2D eigenvalue weighted by molar-refractivity contribution is 9.09. The lowest BCUT2D eigenvalue weighted by Crippen LogP contribution is -2.32. The number of halogens is 1. The first kappa shape index (κ1) is 16.0. The third-order valence-corrected chi connectivity index (χ3v) is 5.02. The molecule has 0 saturated heterocycles. The molecule has 0 bridgehead atoms. The SMILES string of the molecule is CC(CBr)CCCNC(=O)C1CCCCCCC1. The molecule has 1 saturated carbocycles. The molecule has 0 aromatic carbocycles. The fourth-order valence-corrected chi connectivity index (χ4v) is 2.93. The standard InChI is InChI=1S/C15H28BrNO/c1-13(12-16)8-7-11-17-15(18)14-9-5-3-2-4-6-10-14/h13-14H,2-12H2,1H3,(H,17,18). The minimum absolute atomic E-state index is 0.291. The van der Waals surface area contributed by atoms with Gasteiger partial charge in [-0.3, -0.25) is 4.79 Å². The third kappa shape index (κ3) is 6.77. The van der Waals surface area contributed by atoms with Gasteiger partial charge in [0.05, 0.1) is 0 Å². The summed E-state index contributed by atoms with van der Waals surface area (Å²) in [5, 5.41) is 4.18. The minimum Gasteiger partial charge on any atom is -0.356 e. The van der Waals surface area contributed by atoms with Crippen LogP contribution in [0.5, 0.6) is 0 Å². The number of hydrogen-bond donors (Lipinski definition) is 1. The molecule has 0 heterocycles. The van der Waals surface area contributed by atoms with Crippen LogP contribution in [0.4, 0.5) is 0 Å². The van der Waals surface area contributed by atoms with Crippen LogP contribution in [0.1, 0.15) is 64.7 Å². The lowest BCUT2D eigenvalue weighted by atomic mass is 9.90. The molecule has 0 aromatic rings. The predicted molar refractivity (Wildman–Crippen MR) is 81.0 cm³/mol. The second-order valence-electron chi connectivity index (χ2n) is 5.73. The van der Waals surface area contributed by atoms with E-state index in [9.17, 15) is 4.79 Å². The van der Waals surface area contributed by atoms with E-state index in [1.54, 1.807) is 0 Å². The molecule has 2 nitrogen and oxygen atoms in total. The Morgan fingerprint density at radius 3 is 2.44 bits per heavy atom. The number of hydrogen-bond acceptors (Lipinski definition) is 1. The number of amides is 1. The molecule has 1 atom stereocenters. The van der Waals surface area contributed by atoms with E-state index >= 15 is 0 Å². The zero-order valence-corrected chi connectivity index (χ0v) is 13.3. The Morgan fingerprint density at radius 2 is 1.83 bits per heavy atom. The number of carbonyl (C=O) groups is 1. The van der Waals surface area contributed by atoms with Gasteiger partial charge < -0.3 is 5.32 Å². The molecule has 1 aliphatic rings. The summed E-state index contributed by atoms with van der Waals surface area (Å²) < 4.78 is 0. The summed E-state index contributed by atoms with van der Waals surface area (Å²) in [6.45, 7) is 3.10. The van der Waals surface area contributed by atoms with E-state index in [1.165, 1.54) is 38.5 Å². The maximum absolute atomic E-state index is 12.1. The van der Waals surface area contributed by atoms with Crippen molar-refractivity contribution in [2.24, 2.45) is 11.8 Å². The first-order valence-corrected chi connectivity index (χ1v) is 8.70. The Balaban J connectivity index is 2.14.